The van der Waals surface area contributed by atoms with E-state index in [-0.39, 0.29) is 23.0 Å². The summed E-state index contributed by atoms with van der Waals surface area (Å²) in [6.45, 7) is -0.302. The first kappa shape index (κ1) is 20.5. The molecular formula is C21H18ClFN2O4. The van der Waals surface area contributed by atoms with Crippen LogP contribution < -0.4 is 4.74 Å². The largest absolute Gasteiger partial charge is 0.494 e. The number of methoxy groups -OCH3 is 1. The Labute approximate surface area is 171 Å². The van der Waals surface area contributed by atoms with Gasteiger partial charge in [0.1, 0.15) is 5.15 Å². The molecule has 1 amide bonds. The molecule has 150 valence electrons. The number of fused-ring (bicyclic) bond motifs is 1. The fourth-order valence-corrected chi connectivity index (χ4v) is 3.00. The molecule has 0 saturated heterocycles. The van der Waals surface area contributed by atoms with E-state index < -0.39 is 24.3 Å². The normalized spacial score (nSPS) is 10.6. The molecule has 3 rings (SSSR count). The molecule has 0 aliphatic heterocycles. The lowest BCUT2D eigenvalue weighted by molar-refractivity contribution is -0.133. The molecule has 0 unspecified atom stereocenters. The highest BCUT2D eigenvalue weighted by atomic mass is 35.5. The Hall–Kier alpha value is -3.19. The van der Waals surface area contributed by atoms with Crippen LogP contribution in [-0.4, -0.2) is 42.5 Å². The van der Waals surface area contributed by atoms with Crippen molar-refractivity contribution in [1.82, 2.24) is 9.88 Å². The minimum absolute atomic E-state index is 0.125. The van der Waals surface area contributed by atoms with Gasteiger partial charge in [-0.15, -0.1) is 0 Å². The van der Waals surface area contributed by atoms with Gasteiger partial charge >= 0.3 is 5.97 Å². The zero-order valence-electron chi connectivity index (χ0n) is 15.8. The van der Waals surface area contributed by atoms with Crippen LogP contribution in [0.25, 0.3) is 10.9 Å². The number of benzene rings is 2. The molecule has 1 heterocycles. The molecule has 0 atom stereocenters. The summed E-state index contributed by atoms with van der Waals surface area (Å²) in [5.41, 5.74) is 1.36. The van der Waals surface area contributed by atoms with Crippen molar-refractivity contribution in [2.75, 3.05) is 20.8 Å². The summed E-state index contributed by atoms with van der Waals surface area (Å²) >= 11 is 5.97. The fraction of sp³-hybridized carbons (Fsp3) is 0.190. The maximum Gasteiger partial charge on any atom is 0.339 e. The molecule has 0 bridgehead atoms. The Morgan fingerprint density at radius 3 is 2.66 bits per heavy atom. The molecule has 6 nitrogen and oxygen atoms in total. The van der Waals surface area contributed by atoms with Crippen LogP contribution >= 0.6 is 11.6 Å². The number of ether oxygens (including phenoxy) is 2. The van der Waals surface area contributed by atoms with Crippen LogP contribution in [0.3, 0.4) is 0 Å². The smallest absolute Gasteiger partial charge is 0.339 e. The third-order valence-corrected chi connectivity index (χ3v) is 4.49. The average molecular weight is 417 g/mol. The fourth-order valence-electron chi connectivity index (χ4n) is 2.80. The zero-order valence-corrected chi connectivity index (χ0v) is 16.6. The number of aromatic nitrogens is 1. The maximum absolute atomic E-state index is 13.8. The van der Waals surface area contributed by atoms with Crippen LogP contribution in [0, 0.1) is 5.82 Å². The topological polar surface area (TPSA) is 68.7 Å². The molecule has 0 fully saturated rings. The molecule has 0 saturated carbocycles. The quantitative estimate of drug-likeness (QED) is 0.451. The SMILES string of the molecule is COc1ccc(CN(C)C(=O)COC(=O)c2cc(Cl)nc3ccccc23)cc1F. The minimum atomic E-state index is -0.678. The molecule has 1 aromatic heterocycles. The van der Waals surface area contributed by atoms with E-state index in [0.717, 1.165) is 0 Å². The second-order valence-corrected chi connectivity index (χ2v) is 6.69. The van der Waals surface area contributed by atoms with Crippen molar-refractivity contribution < 1.29 is 23.5 Å². The van der Waals surface area contributed by atoms with Crippen LogP contribution in [0.15, 0.2) is 48.5 Å². The van der Waals surface area contributed by atoms with Gasteiger partial charge in [-0.3, -0.25) is 4.79 Å². The summed E-state index contributed by atoms with van der Waals surface area (Å²) in [5, 5.41) is 0.733. The lowest BCUT2D eigenvalue weighted by Crippen LogP contribution is -2.30. The summed E-state index contributed by atoms with van der Waals surface area (Å²) in [6, 6.07) is 12.8. The van der Waals surface area contributed by atoms with Gasteiger partial charge in [-0.25, -0.2) is 14.2 Å². The van der Waals surface area contributed by atoms with Gasteiger partial charge < -0.3 is 14.4 Å². The van der Waals surface area contributed by atoms with E-state index >= 15 is 0 Å². The van der Waals surface area contributed by atoms with E-state index in [1.165, 1.54) is 37.3 Å². The number of amides is 1. The number of para-hydroxylation sites is 1. The lowest BCUT2D eigenvalue weighted by atomic mass is 10.1. The highest BCUT2D eigenvalue weighted by molar-refractivity contribution is 6.30. The van der Waals surface area contributed by atoms with Gasteiger partial charge in [0.15, 0.2) is 18.2 Å². The molecule has 29 heavy (non-hydrogen) atoms. The summed E-state index contributed by atoms with van der Waals surface area (Å²) < 4.78 is 23.8. The Kier molecular flexibility index (Phi) is 6.29. The number of esters is 1. The average Bonchev–Trinajstić information content (AvgIpc) is 2.71. The van der Waals surface area contributed by atoms with Crippen molar-refractivity contribution in [2.45, 2.75) is 6.54 Å². The summed E-state index contributed by atoms with van der Waals surface area (Å²) in [6.07, 6.45) is 0. The summed E-state index contributed by atoms with van der Waals surface area (Å²) in [7, 11) is 2.91. The standard InChI is InChI=1S/C21H18ClFN2O4/c1-25(11-13-7-8-18(28-2)16(23)9-13)20(26)12-29-21(27)15-10-19(22)24-17-6-4-3-5-14(15)17/h3-10H,11-12H2,1-2H3. The summed E-state index contributed by atoms with van der Waals surface area (Å²) in [4.78, 5) is 30.3. The van der Waals surface area contributed by atoms with Gasteiger partial charge in [0, 0.05) is 19.0 Å². The molecule has 0 spiro atoms. The van der Waals surface area contributed by atoms with Crippen LogP contribution in [-0.2, 0) is 16.1 Å². The minimum Gasteiger partial charge on any atom is -0.494 e. The zero-order chi connectivity index (χ0) is 21.0. The number of rotatable bonds is 6. The second kappa shape index (κ2) is 8.87. The van der Waals surface area contributed by atoms with E-state index in [0.29, 0.717) is 16.5 Å². The van der Waals surface area contributed by atoms with Gasteiger partial charge in [-0.2, -0.15) is 0 Å². The number of carbonyl (C=O) groups is 2. The molecule has 0 radical (unpaired) electrons. The molecule has 8 heteroatoms. The van der Waals surface area contributed by atoms with E-state index in [2.05, 4.69) is 4.98 Å². The number of nitrogens with zero attached hydrogens (tertiary/aromatic N) is 2. The van der Waals surface area contributed by atoms with Gasteiger partial charge in [0.05, 0.1) is 18.2 Å². The number of carbonyl (C=O) groups excluding carboxylic acids is 2. The number of hydrogen-bond donors (Lipinski definition) is 0. The lowest BCUT2D eigenvalue weighted by Gasteiger charge is -2.18. The van der Waals surface area contributed by atoms with Gasteiger partial charge in [-0.1, -0.05) is 35.9 Å². The molecule has 0 aliphatic rings. The van der Waals surface area contributed by atoms with Crippen molar-refractivity contribution in [3.63, 3.8) is 0 Å². The van der Waals surface area contributed by atoms with Crippen molar-refractivity contribution in [3.05, 3.63) is 70.6 Å². The summed E-state index contributed by atoms with van der Waals surface area (Å²) in [5.74, 6) is -1.50. The van der Waals surface area contributed by atoms with Crippen LogP contribution in [0.4, 0.5) is 4.39 Å². The first-order valence-corrected chi connectivity index (χ1v) is 9.05. The first-order valence-electron chi connectivity index (χ1n) is 8.68. The van der Waals surface area contributed by atoms with Crippen molar-refractivity contribution in [3.8, 4) is 5.75 Å². The maximum atomic E-state index is 13.8. The van der Waals surface area contributed by atoms with Crippen LogP contribution in [0.2, 0.25) is 5.15 Å². The number of halogens is 2. The second-order valence-electron chi connectivity index (χ2n) is 6.30. The van der Waals surface area contributed by atoms with Gasteiger partial charge in [0.2, 0.25) is 0 Å². The van der Waals surface area contributed by atoms with Gasteiger partial charge in [0.25, 0.3) is 5.91 Å². The Morgan fingerprint density at radius 1 is 1.17 bits per heavy atom. The van der Waals surface area contributed by atoms with Crippen LogP contribution in [0.1, 0.15) is 15.9 Å². The Bertz CT molecular complexity index is 1070. The molecule has 3 aromatic rings. The third kappa shape index (κ3) is 4.81. The monoisotopic (exact) mass is 416 g/mol. The third-order valence-electron chi connectivity index (χ3n) is 4.29. The number of likely N-dealkylation sites (N-methyl/N-ethyl adjacent to an activating group) is 1. The van der Waals surface area contributed by atoms with Crippen molar-refractivity contribution >= 4 is 34.4 Å². The first-order chi connectivity index (χ1) is 13.9. The molecule has 0 aliphatic carbocycles. The molecular weight excluding hydrogens is 399 g/mol. The van der Waals surface area contributed by atoms with E-state index in [1.54, 1.807) is 30.3 Å². The Balaban J connectivity index is 1.64. The van der Waals surface area contributed by atoms with E-state index in [1.807, 2.05) is 0 Å². The van der Waals surface area contributed by atoms with Crippen molar-refractivity contribution in [1.29, 1.82) is 0 Å². The molecule has 0 N–H and O–H groups in total. The highest BCUT2D eigenvalue weighted by Crippen LogP contribution is 2.22. The molecule has 2 aromatic carbocycles. The van der Waals surface area contributed by atoms with Crippen molar-refractivity contribution in [2.24, 2.45) is 0 Å². The van der Waals surface area contributed by atoms with Crippen LogP contribution in [0.5, 0.6) is 5.75 Å². The predicted octanol–water partition coefficient (Wildman–Crippen LogP) is 3.85. The van der Waals surface area contributed by atoms with E-state index in [9.17, 15) is 14.0 Å². The highest BCUT2D eigenvalue weighted by Gasteiger charge is 2.17. The number of hydrogen-bond acceptors (Lipinski definition) is 5. The number of pyridine rings is 1. The predicted molar refractivity (Wildman–Crippen MR) is 106 cm³/mol. The van der Waals surface area contributed by atoms with E-state index in [4.69, 9.17) is 21.1 Å². The Morgan fingerprint density at radius 2 is 1.93 bits per heavy atom. The van der Waals surface area contributed by atoms with Gasteiger partial charge in [-0.05, 0) is 29.8 Å².